The lowest BCUT2D eigenvalue weighted by atomic mass is 9.68. The standard InChI is InChI=1S/C26H23NO5/c1-2-31-25(30)26-19-15-9-10-16-20(19)32-23(17-11-5-3-6-12-17)21(26)22(28)24(29)27(26)18-13-7-4-8-14-18/h3-8,10-14,16,19-20H,2,9,15H2,1H3/t19-,20+,26+/m0/s1. The number of ketones is 1. The van der Waals surface area contributed by atoms with Gasteiger partial charge < -0.3 is 9.47 Å². The average molecular weight is 429 g/mol. The number of para-hydroxylation sites is 1. The molecule has 1 saturated heterocycles. The molecule has 5 rings (SSSR count). The molecular weight excluding hydrogens is 406 g/mol. The summed E-state index contributed by atoms with van der Waals surface area (Å²) in [5.41, 5.74) is -0.390. The number of amides is 1. The van der Waals surface area contributed by atoms with E-state index in [1.807, 2.05) is 48.6 Å². The van der Waals surface area contributed by atoms with Crippen molar-refractivity contribution < 1.29 is 23.9 Å². The second kappa shape index (κ2) is 7.79. The van der Waals surface area contributed by atoms with Crippen molar-refractivity contribution in [2.24, 2.45) is 5.92 Å². The summed E-state index contributed by atoms with van der Waals surface area (Å²) < 4.78 is 11.9. The SMILES string of the molecule is CCOC(=O)[C@]12C(=C(c3ccccc3)O[C@@H]3C=CCC[C@@H]31)C(=O)C(=O)N2c1ccccc1. The number of carbonyl (C=O) groups excluding carboxylic acids is 3. The van der Waals surface area contributed by atoms with Crippen molar-refractivity contribution in [2.45, 2.75) is 31.4 Å². The van der Waals surface area contributed by atoms with Crippen LogP contribution in [0, 0.1) is 5.92 Å². The summed E-state index contributed by atoms with van der Waals surface area (Å²) in [5, 5.41) is 0. The Morgan fingerprint density at radius 2 is 1.78 bits per heavy atom. The Labute approximate surface area is 186 Å². The molecule has 2 heterocycles. The second-order valence-electron chi connectivity index (χ2n) is 8.06. The zero-order valence-corrected chi connectivity index (χ0v) is 17.7. The van der Waals surface area contributed by atoms with Gasteiger partial charge in [0.15, 0.2) is 5.54 Å². The minimum atomic E-state index is -1.59. The molecule has 2 aliphatic heterocycles. The maximum absolute atomic E-state index is 13.8. The molecule has 0 bridgehead atoms. The van der Waals surface area contributed by atoms with Gasteiger partial charge in [-0.1, -0.05) is 54.6 Å². The third-order valence-corrected chi connectivity index (χ3v) is 6.38. The number of nitrogens with zero attached hydrogens (tertiary/aromatic N) is 1. The van der Waals surface area contributed by atoms with Crippen LogP contribution in [-0.2, 0) is 23.9 Å². The Kier molecular flexibility index (Phi) is 4.93. The molecule has 2 aromatic carbocycles. The third-order valence-electron chi connectivity index (χ3n) is 6.38. The van der Waals surface area contributed by atoms with Crippen LogP contribution >= 0.6 is 0 Å². The number of Topliss-reactive ketones (excluding diaryl/α,β-unsaturated/α-hetero) is 1. The Bertz CT molecular complexity index is 1140. The lowest BCUT2D eigenvalue weighted by molar-refractivity contribution is -0.153. The van der Waals surface area contributed by atoms with Crippen molar-refractivity contribution in [2.75, 3.05) is 11.5 Å². The monoisotopic (exact) mass is 429 g/mol. The number of hydrogen-bond donors (Lipinski definition) is 0. The van der Waals surface area contributed by atoms with E-state index in [0.29, 0.717) is 24.1 Å². The van der Waals surface area contributed by atoms with Crippen molar-refractivity contribution in [3.8, 4) is 0 Å². The van der Waals surface area contributed by atoms with Crippen LogP contribution in [0.3, 0.4) is 0 Å². The van der Waals surface area contributed by atoms with Gasteiger partial charge in [-0.2, -0.15) is 0 Å². The molecule has 1 fully saturated rings. The van der Waals surface area contributed by atoms with Gasteiger partial charge in [-0.05, 0) is 38.0 Å². The zero-order valence-electron chi connectivity index (χ0n) is 17.7. The van der Waals surface area contributed by atoms with Crippen LogP contribution in [0.5, 0.6) is 0 Å². The Morgan fingerprint density at radius 3 is 2.47 bits per heavy atom. The molecule has 0 spiro atoms. The molecule has 0 unspecified atom stereocenters. The summed E-state index contributed by atoms with van der Waals surface area (Å²) >= 11 is 0. The van der Waals surface area contributed by atoms with Crippen LogP contribution in [-0.4, -0.2) is 35.9 Å². The predicted molar refractivity (Wildman–Crippen MR) is 118 cm³/mol. The van der Waals surface area contributed by atoms with Gasteiger partial charge in [0.25, 0.3) is 5.78 Å². The summed E-state index contributed by atoms with van der Waals surface area (Å²) in [6.07, 6.45) is 4.75. The Balaban J connectivity index is 1.87. The van der Waals surface area contributed by atoms with E-state index < -0.39 is 35.2 Å². The fourth-order valence-corrected chi connectivity index (χ4v) is 5.13. The van der Waals surface area contributed by atoms with Gasteiger partial charge in [0, 0.05) is 17.2 Å². The number of ether oxygens (including phenoxy) is 2. The van der Waals surface area contributed by atoms with E-state index in [9.17, 15) is 14.4 Å². The minimum Gasteiger partial charge on any atom is -0.485 e. The molecule has 2 aromatic rings. The second-order valence-corrected chi connectivity index (χ2v) is 8.06. The lowest BCUT2D eigenvalue weighted by Crippen LogP contribution is -2.63. The predicted octanol–water partition coefficient (Wildman–Crippen LogP) is 3.68. The molecule has 162 valence electrons. The number of esters is 1. The van der Waals surface area contributed by atoms with Crippen molar-refractivity contribution >= 4 is 29.1 Å². The van der Waals surface area contributed by atoms with Crippen LogP contribution in [0.15, 0.2) is 78.4 Å². The van der Waals surface area contributed by atoms with Crippen molar-refractivity contribution in [3.05, 3.63) is 84.0 Å². The summed E-state index contributed by atoms with van der Waals surface area (Å²) in [7, 11) is 0. The van der Waals surface area contributed by atoms with E-state index in [-0.39, 0.29) is 17.9 Å². The number of carbonyl (C=O) groups is 3. The molecule has 0 saturated carbocycles. The van der Waals surface area contributed by atoms with E-state index in [0.717, 1.165) is 0 Å². The van der Waals surface area contributed by atoms with Crippen molar-refractivity contribution in [1.82, 2.24) is 0 Å². The largest absolute Gasteiger partial charge is 0.485 e. The van der Waals surface area contributed by atoms with Gasteiger partial charge in [0.2, 0.25) is 0 Å². The number of allylic oxidation sites excluding steroid dienone is 1. The molecule has 6 heteroatoms. The van der Waals surface area contributed by atoms with Crippen molar-refractivity contribution in [3.63, 3.8) is 0 Å². The van der Waals surface area contributed by atoms with E-state index >= 15 is 0 Å². The maximum Gasteiger partial charge on any atom is 0.337 e. The van der Waals surface area contributed by atoms with Gasteiger partial charge >= 0.3 is 11.9 Å². The van der Waals surface area contributed by atoms with Gasteiger partial charge in [0.1, 0.15) is 11.9 Å². The van der Waals surface area contributed by atoms with Gasteiger partial charge in [-0.15, -0.1) is 0 Å². The van der Waals surface area contributed by atoms with Crippen LogP contribution in [0.4, 0.5) is 5.69 Å². The van der Waals surface area contributed by atoms with Crippen LogP contribution in [0.25, 0.3) is 5.76 Å². The quantitative estimate of drug-likeness (QED) is 0.421. The van der Waals surface area contributed by atoms with Gasteiger partial charge in [-0.3, -0.25) is 14.5 Å². The van der Waals surface area contributed by atoms with Crippen LogP contribution in [0.1, 0.15) is 25.3 Å². The summed E-state index contributed by atoms with van der Waals surface area (Å²) in [4.78, 5) is 42.2. The normalized spacial score (nSPS) is 26.5. The number of rotatable bonds is 4. The van der Waals surface area contributed by atoms with E-state index in [4.69, 9.17) is 9.47 Å². The number of hydrogen-bond acceptors (Lipinski definition) is 5. The first-order valence-corrected chi connectivity index (χ1v) is 10.8. The topological polar surface area (TPSA) is 72.9 Å². The fourth-order valence-electron chi connectivity index (χ4n) is 5.13. The molecule has 3 aliphatic rings. The van der Waals surface area contributed by atoms with E-state index in [1.165, 1.54) is 4.90 Å². The molecule has 1 amide bonds. The fraction of sp³-hybridized carbons (Fsp3) is 0.269. The molecule has 0 aromatic heterocycles. The average Bonchev–Trinajstić information content (AvgIpc) is 3.08. The zero-order chi connectivity index (χ0) is 22.3. The van der Waals surface area contributed by atoms with E-state index in [1.54, 1.807) is 31.2 Å². The summed E-state index contributed by atoms with van der Waals surface area (Å²) in [5.74, 6) is -2.26. The molecule has 0 N–H and O–H groups in total. The maximum atomic E-state index is 13.8. The van der Waals surface area contributed by atoms with Crippen LogP contribution < -0.4 is 4.90 Å². The molecule has 0 radical (unpaired) electrons. The minimum absolute atomic E-state index is 0.0764. The molecule has 6 nitrogen and oxygen atoms in total. The number of benzene rings is 2. The highest BCUT2D eigenvalue weighted by atomic mass is 16.5. The molecule has 3 atom stereocenters. The number of anilines is 1. The van der Waals surface area contributed by atoms with Gasteiger partial charge in [-0.25, -0.2) is 4.79 Å². The third kappa shape index (κ3) is 2.75. The Hall–Kier alpha value is -3.67. The van der Waals surface area contributed by atoms with Crippen molar-refractivity contribution in [1.29, 1.82) is 0 Å². The first kappa shape index (κ1) is 20.2. The van der Waals surface area contributed by atoms with Gasteiger partial charge in [0.05, 0.1) is 12.2 Å². The molecule has 1 aliphatic carbocycles. The van der Waals surface area contributed by atoms with Crippen LogP contribution in [0.2, 0.25) is 0 Å². The highest BCUT2D eigenvalue weighted by Crippen LogP contribution is 2.53. The first-order valence-electron chi connectivity index (χ1n) is 10.8. The number of fused-ring (bicyclic) bond motifs is 3. The highest BCUT2D eigenvalue weighted by molar-refractivity contribution is 6.54. The Morgan fingerprint density at radius 1 is 1.09 bits per heavy atom. The van der Waals surface area contributed by atoms with E-state index in [2.05, 4.69) is 0 Å². The lowest BCUT2D eigenvalue weighted by Gasteiger charge is -2.48. The highest BCUT2D eigenvalue weighted by Gasteiger charge is 2.69. The first-order chi connectivity index (χ1) is 15.6. The smallest absolute Gasteiger partial charge is 0.337 e. The molecule has 32 heavy (non-hydrogen) atoms. The molecular formula is C26H23NO5. The summed E-state index contributed by atoms with van der Waals surface area (Å²) in [6, 6.07) is 18.0. The summed E-state index contributed by atoms with van der Waals surface area (Å²) in [6.45, 7) is 1.85.